The number of halogens is 3. The Hall–Kier alpha value is -2.49. The Morgan fingerprint density at radius 1 is 1.10 bits per heavy atom. The van der Waals surface area contributed by atoms with E-state index in [2.05, 4.69) is 10.3 Å². The van der Waals surface area contributed by atoms with Crippen molar-refractivity contribution in [1.82, 2.24) is 4.98 Å². The highest BCUT2D eigenvalue weighted by atomic mass is 32.2. The number of fused-ring (bicyclic) bond motifs is 1. The van der Waals surface area contributed by atoms with Crippen LogP contribution in [-0.4, -0.2) is 26.0 Å². The van der Waals surface area contributed by atoms with Crippen LogP contribution in [-0.2, 0) is 16.5 Å². The van der Waals surface area contributed by atoms with E-state index in [1.807, 2.05) is 0 Å². The van der Waals surface area contributed by atoms with E-state index in [1.54, 1.807) is 24.3 Å². The van der Waals surface area contributed by atoms with E-state index in [9.17, 15) is 21.6 Å². The van der Waals surface area contributed by atoms with E-state index in [1.165, 1.54) is 10.4 Å². The third-order valence-electron chi connectivity index (χ3n) is 5.31. The molecular weight excluding hydrogens is 407 g/mol. The molecule has 29 heavy (non-hydrogen) atoms. The highest BCUT2D eigenvalue weighted by Crippen LogP contribution is 2.39. The van der Waals surface area contributed by atoms with Crippen LogP contribution in [0, 0.1) is 5.92 Å². The van der Waals surface area contributed by atoms with Gasteiger partial charge in [-0.3, -0.25) is 0 Å². The Morgan fingerprint density at radius 3 is 2.48 bits per heavy atom. The average molecular weight is 427 g/mol. The van der Waals surface area contributed by atoms with Crippen molar-refractivity contribution in [2.75, 3.05) is 16.2 Å². The molecule has 1 saturated carbocycles. The zero-order valence-electron chi connectivity index (χ0n) is 15.4. The summed E-state index contributed by atoms with van der Waals surface area (Å²) in [6.45, 7) is 0.352. The second-order valence-electron chi connectivity index (χ2n) is 7.33. The Kier molecular flexibility index (Phi) is 5.05. The molecule has 1 fully saturated rings. The lowest BCUT2D eigenvalue weighted by Crippen LogP contribution is -2.36. The van der Waals surface area contributed by atoms with Crippen molar-refractivity contribution in [3.63, 3.8) is 0 Å². The quantitative estimate of drug-likeness (QED) is 0.791. The Morgan fingerprint density at radius 2 is 1.83 bits per heavy atom. The van der Waals surface area contributed by atoms with Crippen molar-refractivity contribution in [3.8, 4) is 5.75 Å². The van der Waals surface area contributed by atoms with E-state index >= 15 is 0 Å². The van der Waals surface area contributed by atoms with Crippen molar-refractivity contribution in [3.05, 3.63) is 48.2 Å². The molecule has 10 heteroatoms. The molecule has 0 bridgehead atoms. The van der Waals surface area contributed by atoms with Crippen molar-refractivity contribution < 1.29 is 25.8 Å². The molecule has 0 radical (unpaired) electrons. The summed E-state index contributed by atoms with van der Waals surface area (Å²) in [5, 5.41) is 3.17. The van der Waals surface area contributed by atoms with Gasteiger partial charge in [0, 0.05) is 18.8 Å². The highest BCUT2D eigenvalue weighted by molar-refractivity contribution is 7.88. The van der Waals surface area contributed by atoms with Crippen LogP contribution in [0.15, 0.2) is 42.6 Å². The van der Waals surface area contributed by atoms with E-state index in [-0.39, 0.29) is 12.0 Å². The number of anilines is 2. The SMILES string of the molecule is O=S1(=O)Oc2ccccc2N1CC1CCC(Nc2ccc(C(F)(F)F)cn2)CC1. The van der Waals surface area contributed by atoms with Gasteiger partial charge in [-0.05, 0) is 55.9 Å². The number of nitrogens with zero attached hydrogens (tertiary/aromatic N) is 2. The summed E-state index contributed by atoms with van der Waals surface area (Å²) >= 11 is 0. The van der Waals surface area contributed by atoms with Crippen LogP contribution in [0.25, 0.3) is 0 Å². The van der Waals surface area contributed by atoms with Gasteiger partial charge in [-0.25, -0.2) is 9.29 Å². The lowest BCUT2D eigenvalue weighted by Gasteiger charge is -2.31. The fraction of sp³-hybridized carbons (Fsp3) is 0.421. The van der Waals surface area contributed by atoms with Gasteiger partial charge in [0.1, 0.15) is 5.82 Å². The molecule has 2 heterocycles. The van der Waals surface area contributed by atoms with Gasteiger partial charge in [0.25, 0.3) is 0 Å². The zero-order chi connectivity index (χ0) is 20.6. The summed E-state index contributed by atoms with van der Waals surface area (Å²) in [7, 11) is -3.81. The predicted octanol–water partition coefficient (Wildman–Crippen LogP) is 4.21. The van der Waals surface area contributed by atoms with Gasteiger partial charge in [0.2, 0.25) is 0 Å². The molecule has 0 amide bonds. The molecule has 156 valence electrons. The maximum atomic E-state index is 12.6. The molecule has 1 aromatic carbocycles. The molecule has 1 N–H and O–H groups in total. The minimum Gasteiger partial charge on any atom is -0.367 e. The number of hydrogen-bond acceptors (Lipinski definition) is 5. The third kappa shape index (κ3) is 4.26. The number of nitrogens with one attached hydrogen (secondary N) is 1. The first-order valence-corrected chi connectivity index (χ1v) is 10.7. The smallest absolute Gasteiger partial charge is 0.367 e. The number of aromatic nitrogens is 1. The van der Waals surface area contributed by atoms with Crippen molar-refractivity contribution in [2.24, 2.45) is 5.92 Å². The van der Waals surface area contributed by atoms with Crippen molar-refractivity contribution in [2.45, 2.75) is 37.9 Å². The second kappa shape index (κ2) is 7.40. The largest absolute Gasteiger partial charge is 0.417 e. The molecule has 1 aliphatic heterocycles. The van der Waals surface area contributed by atoms with Gasteiger partial charge >= 0.3 is 16.5 Å². The molecule has 1 aliphatic carbocycles. The molecule has 4 rings (SSSR count). The minimum atomic E-state index is -4.40. The lowest BCUT2D eigenvalue weighted by molar-refractivity contribution is -0.137. The monoisotopic (exact) mass is 427 g/mol. The van der Waals surface area contributed by atoms with Crippen LogP contribution < -0.4 is 13.8 Å². The first kappa shape index (κ1) is 19.8. The first-order chi connectivity index (χ1) is 13.7. The fourth-order valence-corrected chi connectivity index (χ4v) is 5.03. The summed E-state index contributed by atoms with van der Waals surface area (Å²) < 4.78 is 68.9. The third-order valence-corrected chi connectivity index (χ3v) is 6.59. The maximum absolute atomic E-state index is 12.6. The fourth-order valence-electron chi connectivity index (χ4n) is 3.78. The van der Waals surface area contributed by atoms with Crippen LogP contribution in [0.4, 0.5) is 24.7 Å². The molecule has 6 nitrogen and oxygen atoms in total. The summed E-state index contributed by atoms with van der Waals surface area (Å²) in [4.78, 5) is 3.85. The number of pyridine rings is 1. The van der Waals surface area contributed by atoms with Gasteiger partial charge in [-0.1, -0.05) is 12.1 Å². The van der Waals surface area contributed by atoms with Crippen molar-refractivity contribution >= 4 is 21.8 Å². The minimum absolute atomic E-state index is 0.0919. The molecule has 2 aromatic rings. The van der Waals surface area contributed by atoms with Gasteiger partial charge in [-0.2, -0.15) is 21.6 Å². The number of rotatable bonds is 4. The van der Waals surface area contributed by atoms with Crippen LogP contribution in [0.1, 0.15) is 31.2 Å². The van der Waals surface area contributed by atoms with E-state index in [0.29, 0.717) is 23.8 Å². The van der Waals surface area contributed by atoms with Crippen LogP contribution in [0.5, 0.6) is 5.75 Å². The average Bonchev–Trinajstić information content (AvgIpc) is 2.93. The molecule has 0 spiro atoms. The van der Waals surface area contributed by atoms with E-state index < -0.39 is 22.0 Å². The number of benzene rings is 1. The summed E-state index contributed by atoms with van der Waals surface area (Å²) in [5.74, 6) is 0.931. The molecule has 2 aliphatic rings. The topological polar surface area (TPSA) is 71.5 Å². The normalized spacial score (nSPS) is 23.3. The summed E-state index contributed by atoms with van der Waals surface area (Å²) in [6.07, 6.45) is -0.419. The predicted molar refractivity (Wildman–Crippen MR) is 102 cm³/mol. The molecule has 0 unspecified atom stereocenters. The molecule has 0 saturated heterocycles. The van der Waals surface area contributed by atoms with Crippen LogP contribution >= 0.6 is 0 Å². The molecule has 1 aromatic heterocycles. The molecular formula is C19H20F3N3O3S. The standard InChI is InChI=1S/C19H20F3N3O3S/c20-19(21,22)14-7-10-18(23-11-14)24-15-8-5-13(6-9-15)12-25-16-3-1-2-4-17(16)28-29(25,26)27/h1-4,7,10-11,13,15H,5-6,8-9,12H2,(H,23,24). The maximum Gasteiger partial charge on any atom is 0.417 e. The van der Waals surface area contributed by atoms with Crippen LogP contribution in [0.3, 0.4) is 0 Å². The number of alkyl halides is 3. The number of hydrogen-bond donors (Lipinski definition) is 1. The summed E-state index contributed by atoms with van der Waals surface area (Å²) in [5.41, 5.74) is -0.220. The Labute approximate surface area is 167 Å². The van der Waals surface area contributed by atoms with Crippen molar-refractivity contribution in [1.29, 1.82) is 0 Å². The highest BCUT2D eigenvalue weighted by Gasteiger charge is 2.37. The first-order valence-electron chi connectivity index (χ1n) is 9.33. The second-order valence-corrected chi connectivity index (χ2v) is 8.79. The van der Waals surface area contributed by atoms with E-state index in [0.717, 1.165) is 37.9 Å². The Bertz CT molecular complexity index is 972. The lowest BCUT2D eigenvalue weighted by atomic mass is 9.86. The van der Waals surface area contributed by atoms with Gasteiger partial charge < -0.3 is 9.50 Å². The van der Waals surface area contributed by atoms with Gasteiger partial charge in [0.05, 0.1) is 11.3 Å². The van der Waals surface area contributed by atoms with E-state index in [4.69, 9.17) is 4.18 Å². The Balaban J connectivity index is 1.33. The zero-order valence-corrected chi connectivity index (χ0v) is 16.2. The van der Waals surface area contributed by atoms with Gasteiger partial charge in [-0.15, -0.1) is 0 Å². The van der Waals surface area contributed by atoms with Gasteiger partial charge in [0.15, 0.2) is 5.75 Å². The summed E-state index contributed by atoms with van der Waals surface area (Å²) in [6, 6.07) is 9.29. The van der Waals surface area contributed by atoms with Crippen LogP contribution in [0.2, 0.25) is 0 Å². The number of para-hydroxylation sites is 2. The molecule has 0 atom stereocenters.